The Hall–Kier alpha value is -7.89. The van der Waals surface area contributed by atoms with Crippen LogP contribution in [0.5, 0.6) is 0 Å². The van der Waals surface area contributed by atoms with E-state index in [9.17, 15) is 0 Å². The number of rotatable bonds is 5. The van der Waals surface area contributed by atoms with Gasteiger partial charge >= 0.3 is 0 Å². The van der Waals surface area contributed by atoms with E-state index in [0.29, 0.717) is 17.5 Å². The van der Waals surface area contributed by atoms with Gasteiger partial charge < -0.3 is 8.98 Å². The molecule has 270 valence electrons. The Bertz CT molecular complexity index is 3510. The van der Waals surface area contributed by atoms with Crippen molar-refractivity contribution in [1.82, 2.24) is 19.5 Å². The van der Waals surface area contributed by atoms with Crippen molar-refractivity contribution < 1.29 is 4.42 Å². The lowest BCUT2D eigenvalue weighted by Crippen LogP contribution is -2.00. The maximum Gasteiger partial charge on any atom is 0.164 e. The molecular weight excluding hydrogens is 709 g/mol. The highest BCUT2D eigenvalue weighted by molar-refractivity contribution is 6.18. The monoisotopic (exact) mass is 740 g/mol. The van der Waals surface area contributed by atoms with Gasteiger partial charge in [-0.3, -0.25) is 0 Å². The van der Waals surface area contributed by atoms with Crippen molar-refractivity contribution in [1.29, 1.82) is 0 Å². The van der Waals surface area contributed by atoms with E-state index in [0.717, 1.165) is 66.5 Å². The summed E-state index contributed by atoms with van der Waals surface area (Å²) in [6.45, 7) is 0. The van der Waals surface area contributed by atoms with Crippen LogP contribution in [0.15, 0.2) is 199 Å². The first-order valence-electron chi connectivity index (χ1n) is 19.5. The highest BCUT2D eigenvalue weighted by Crippen LogP contribution is 2.44. The molecule has 12 rings (SSSR count). The molecule has 5 nitrogen and oxygen atoms in total. The third-order valence-electron chi connectivity index (χ3n) is 11.4. The zero-order chi connectivity index (χ0) is 38.2. The molecule has 0 spiro atoms. The van der Waals surface area contributed by atoms with Crippen LogP contribution in [0.1, 0.15) is 0 Å². The maximum absolute atomic E-state index is 7.09. The van der Waals surface area contributed by atoms with Crippen molar-refractivity contribution in [3.63, 3.8) is 0 Å². The molecule has 0 aliphatic rings. The molecule has 5 heteroatoms. The van der Waals surface area contributed by atoms with Gasteiger partial charge in [-0.2, -0.15) is 0 Å². The van der Waals surface area contributed by atoms with Crippen LogP contribution in [-0.2, 0) is 0 Å². The minimum Gasteiger partial charge on any atom is -0.455 e. The van der Waals surface area contributed by atoms with Crippen molar-refractivity contribution in [3.8, 4) is 51.0 Å². The molecule has 0 bridgehead atoms. The fraction of sp³-hybridized carbons (Fsp3) is 0. The fourth-order valence-corrected chi connectivity index (χ4v) is 8.62. The van der Waals surface area contributed by atoms with E-state index in [1.807, 2.05) is 60.7 Å². The molecule has 9 aromatic carbocycles. The summed E-state index contributed by atoms with van der Waals surface area (Å²) in [4.78, 5) is 15.0. The smallest absolute Gasteiger partial charge is 0.164 e. The number of furan rings is 1. The number of para-hydroxylation sites is 1. The lowest BCUT2D eigenvalue weighted by Gasteiger charge is -2.13. The number of benzene rings is 9. The standard InChI is InChI=1S/C53H32N4O/c1-3-14-34(15-4-1)51-54-52(35-16-5-2-6-17-35)56-53(55-51)40-25-26-43-48(32-40)58-50-41(39-24-23-33-13-7-8-18-36(33)29-39)27-28-46(49(43)50)57-45-22-12-11-21-42(45)44-30-37-19-9-10-20-38(37)31-47(44)57/h1-32H. The van der Waals surface area contributed by atoms with Crippen LogP contribution in [0.2, 0.25) is 0 Å². The number of hydrogen-bond acceptors (Lipinski definition) is 4. The van der Waals surface area contributed by atoms with Crippen molar-refractivity contribution >= 4 is 65.3 Å². The minimum atomic E-state index is 0.583. The van der Waals surface area contributed by atoms with Gasteiger partial charge in [-0.25, -0.2) is 15.0 Å². The summed E-state index contributed by atoms with van der Waals surface area (Å²) in [6, 6.07) is 68.1. The molecule has 0 fully saturated rings. The maximum atomic E-state index is 7.09. The number of aromatic nitrogens is 4. The van der Waals surface area contributed by atoms with Crippen molar-refractivity contribution in [2.24, 2.45) is 0 Å². The molecule has 0 N–H and O–H groups in total. The summed E-state index contributed by atoms with van der Waals surface area (Å²) < 4.78 is 9.50. The predicted molar refractivity (Wildman–Crippen MR) is 238 cm³/mol. The summed E-state index contributed by atoms with van der Waals surface area (Å²) in [6.07, 6.45) is 0. The largest absolute Gasteiger partial charge is 0.455 e. The molecule has 0 atom stereocenters. The molecule has 12 aromatic rings. The zero-order valence-corrected chi connectivity index (χ0v) is 31.2. The first-order chi connectivity index (χ1) is 28.7. The normalized spacial score (nSPS) is 11.8. The molecule has 0 aliphatic heterocycles. The van der Waals surface area contributed by atoms with Crippen molar-refractivity contribution in [2.75, 3.05) is 0 Å². The van der Waals surface area contributed by atoms with Crippen LogP contribution >= 0.6 is 0 Å². The van der Waals surface area contributed by atoms with Gasteiger partial charge in [-0.05, 0) is 75.6 Å². The second-order valence-electron chi connectivity index (χ2n) is 14.8. The molecule has 58 heavy (non-hydrogen) atoms. The van der Waals surface area contributed by atoms with Crippen molar-refractivity contribution in [3.05, 3.63) is 194 Å². The van der Waals surface area contributed by atoms with Gasteiger partial charge in [-0.1, -0.05) is 146 Å². The number of hydrogen-bond donors (Lipinski definition) is 0. The fourth-order valence-electron chi connectivity index (χ4n) is 8.62. The van der Waals surface area contributed by atoms with Gasteiger partial charge in [0.1, 0.15) is 11.2 Å². The van der Waals surface area contributed by atoms with Gasteiger partial charge in [0.05, 0.1) is 22.1 Å². The second-order valence-corrected chi connectivity index (χ2v) is 14.8. The Kier molecular flexibility index (Phi) is 7.16. The lowest BCUT2D eigenvalue weighted by atomic mass is 9.98. The average molecular weight is 741 g/mol. The van der Waals surface area contributed by atoms with Gasteiger partial charge in [0.2, 0.25) is 0 Å². The number of nitrogens with zero attached hydrogens (tertiary/aromatic N) is 4. The third-order valence-corrected chi connectivity index (χ3v) is 11.4. The minimum absolute atomic E-state index is 0.583. The summed E-state index contributed by atoms with van der Waals surface area (Å²) in [5.74, 6) is 1.82. The molecule has 0 unspecified atom stereocenters. The van der Waals surface area contributed by atoms with Gasteiger partial charge in [0.15, 0.2) is 17.5 Å². The summed E-state index contributed by atoms with van der Waals surface area (Å²) in [5, 5.41) is 9.30. The zero-order valence-electron chi connectivity index (χ0n) is 31.2. The van der Waals surface area contributed by atoms with Gasteiger partial charge in [0, 0.05) is 38.4 Å². The molecule has 3 heterocycles. The van der Waals surface area contributed by atoms with Gasteiger partial charge in [0.25, 0.3) is 0 Å². The summed E-state index contributed by atoms with van der Waals surface area (Å²) in [7, 11) is 0. The van der Waals surface area contributed by atoms with E-state index in [1.165, 1.54) is 32.3 Å². The quantitative estimate of drug-likeness (QED) is 0.176. The highest BCUT2D eigenvalue weighted by atomic mass is 16.3. The van der Waals surface area contributed by atoms with E-state index >= 15 is 0 Å². The number of fused-ring (bicyclic) bond motifs is 8. The topological polar surface area (TPSA) is 56.7 Å². The first-order valence-corrected chi connectivity index (χ1v) is 19.5. The van der Waals surface area contributed by atoms with E-state index in [4.69, 9.17) is 19.4 Å². The van der Waals surface area contributed by atoms with Crippen LogP contribution in [0.3, 0.4) is 0 Å². The Morgan fingerprint density at radius 3 is 1.67 bits per heavy atom. The molecule has 0 radical (unpaired) electrons. The molecule has 3 aromatic heterocycles. The van der Waals surface area contributed by atoms with E-state index < -0.39 is 0 Å². The molecule has 0 saturated carbocycles. The van der Waals surface area contributed by atoms with Crippen LogP contribution in [-0.4, -0.2) is 19.5 Å². The van der Waals surface area contributed by atoms with E-state index in [-0.39, 0.29) is 0 Å². The summed E-state index contributed by atoms with van der Waals surface area (Å²) in [5.41, 5.74) is 9.78. The average Bonchev–Trinajstić information content (AvgIpc) is 3.84. The Morgan fingerprint density at radius 2 is 0.948 bits per heavy atom. The Balaban J connectivity index is 1.13. The molecule has 0 saturated heterocycles. The molecule has 0 amide bonds. The SMILES string of the molecule is c1ccc(-c2nc(-c3ccccc3)nc(-c3ccc4c(c3)oc3c(-c5ccc6ccccc6c5)ccc(-n5c6ccccc6c6cc7ccccc7cc65)c34)n2)cc1. The Labute approximate surface area is 333 Å². The summed E-state index contributed by atoms with van der Waals surface area (Å²) >= 11 is 0. The van der Waals surface area contributed by atoms with Crippen molar-refractivity contribution in [2.45, 2.75) is 0 Å². The van der Waals surface area contributed by atoms with Crippen LogP contribution in [0, 0.1) is 0 Å². The third kappa shape index (κ3) is 5.14. The van der Waals surface area contributed by atoms with E-state index in [2.05, 4.69) is 138 Å². The van der Waals surface area contributed by atoms with E-state index in [1.54, 1.807) is 0 Å². The van der Waals surface area contributed by atoms with Crippen LogP contribution < -0.4 is 0 Å². The second kappa shape index (κ2) is 12.8. The predicted octanol–water partition coefficient (Wildman–Crippen LogP) is 13.8. The highest BCUT2D eigenvalue weighted by Gasteiger charge is 2.22. The van der Waals surface area contributed by atoms with Crippen LogP contribution in [0.4, 0.5) is 0 Å². The van der Waals surface area contributed by atoms with Crippen LogP contribution in [0.25, 0.3) is 116 Å². The molecule has 0 aliphatic carbocycles. The lowest BCUT2D eigenvalue weighted by molar-refractivity contribution is 0.670. The molecular formula is C53H32N4O. The Morgan fingerprint density at radius 1 is 0.362 bits per heavy atom. The van der Waals surface area contributed by atoms with Gasteiger partial charge in [-0.15, -0.1) is 0 Å². The first kappa shape index (κ1) is 32.4.